The van der Waals surface area contributed by atoms with E-state index in [0.29, 0.717) is 5.69 Å². The van der Waals surface area contributed by atoms with Crippen molar-refractivity contribution in [3.8, 4) is 17.0 Å². The highest BCUT2D eigenvalue weighted by Crippen LogP contribution is 2.30. The number of esters is 2. The molecule has 2 aromatic heterocycles. The van der Waals surface area contributed by atoms with E-state index in [4.69, 9.17) is 19.2 Å². The maximum atomic E-state index is 13.2. The summed E-state index contributed by atoms with van der Waals surface area (Å²) in [5.41, 5.74) is 2.53. The normalized spacial score (nSPS) is 12.2. The number of hydrogen-bond acceptors (Lipinski definition) is 8. The summed E-state index contributed by atoms with van der Waals surface area (Å²) in [5, 5.41) is 2.45. The van der Waals surface area contributed by atoms with Crippen molar-refractivity contribution in [2.75, 3.05) is 0 Å². The molecule has 0 radical (unpaired) electrons. The molecule has 5 aromatic rings. The highest BCUT2D eigenvalue weighted by atomic mass is 32.1. The summed E-state index contributed by atoms with van der Waals surface area (Å²) in [6.07, 6.45) is 0.643. The zero-order valence-electron chi connectivity index (χ0n) is 22.8. The maximum Gasteiger partial charge on any atom is 0.408 e. The minimum atomic E-state index is -1.33. The van der Waals surface area contributed by atoms with Crippen LogP contribution in [0.5, 0.6) is 5.75 Å². The Morgan fingerprint density at radius 1 is 0.976 bits per heavy atom. The molecule has 41 heavy (non-hydrogen) atoms. The minimum absolute atomic E-state index is 0.000317. The van der Waals surface area contributed by atoms with Crippen LogP contribution in [0.1, 0.15) is 32.8 Å². The molecule has 3 aromatic carbocycles. The van der Waals surface area contributed by atoms with Gasteiger partial charge in [0.05, 0.1) is 22.3 Å². The monoisotopic (exact) mass is 571 g/mol. The van der Waals surface area contributed by atoms with Gasteiger partial charge in [-0.3, -0.25) is 9.20 Å². The average molecular weight is 572 g/mol. The van der Waals surface area contributed by atoms with Crippen molar-refractivity contribution in [1.29, 1.82) is 0 Å². The standard InChI is InChI=1S/C31H29N3O6S/c1-31(2,3)40-27(35)17-23(33-30(37)38-19-20-10-5-4-6-11-20)28(36)39-22-13-9-12-21(16-22)24-18-34-25-14-7-8-15-26(25)41-29(34)32-24/h4-16,18,23H,17,19H2,1-3H3,(H,33,37). The van der Waals surface area contributed by atoms with Gasteiger partial charge in [0, 0.05) is 11.8 Å². The summed E-state index contributed by atoms with van der Waals surface area (Å²) in [5.74, 6) is -1.26. The van der Waals surface area contributed by atoms with Crippen molar-refractivity contribution in [1.82, 2.24) is 14.7 Å². The van der Waals surface area contributed by atoms with Crippen molar-refractivity contribution >= 4 is 44.5 Å². The first-order chi connectivity index (χ1) is 19.6. The van der Waals surface area contributed by atoms with Gasteiger partial charge in [0.1, 0.15) is 24.0 Å². The molecule has 10 heteroatoms. The van der Waals surface area contributed by atoms with Crippen LogP contribution in [0.3, 0.4) is 0 Å². The van der Waals surface area contributed by atoms with Crippen molar-refractivity contribution in [3.63, 3.8) is 0 Å². The third-order valence-corrected chi connectivity index (χ3v) is 6.96. The summed E-state index contributed by atoms with van der Waals surface area (Å²) in [4.78, 5) is 43.9. The number of carbonyl (C=O) groups is 3. The molecule has 9 nitrogen and oxygen atoms in total. The van der Waals surface area contributed by atoms with Crippen LogP contribution in [0.2, 0.25) is 0 Å². The molecule has 2 heterocycles. The molecule has 5 rings (SSSR count). The molecule has 0 aliphatic carbocycles. The number of fused-ring (bicyclic) bond motifs is 3. The van der Waals surface area contributed by atoms with Crippen LogP contribution >= 0.6 is 11.3 Å². The van der Waals surface area contributed by atoms with E-state index >= 15 is 0 Å². The minimum Gasteiger partial charge on any atom is -0.460 e. The van der Waals surface area contributed by atoms with Crippen molar-refractivity contribution in [3.05, 3.63) is 90.6 Å². The molecule has 1 unspecified atom stereocenters. The number of benzene rings is 3. The Balaban J connectivity index is 1.31. The number of alkyl carbamates (subject to hydrolysis) is 1. The number of hydrogen-bond donors (Lipinski definition) is 1. The second-order valence-corrected chi connectivity index (χ2v) is 11.4. The number of aromatic nitrogens is 2. The molecule has 1 atom stereocenters. The number of nitrogens with one attached hydrogen (secondary N) is 1. The van der Waals surface area contributed by atoms with Gasteiger partial charge in [-0.25, -0.2) is 14.6 Å². The molecule has 1 amide bonds. The fraction of sp³-hybridized carbons (Fsp3) is 0.226. The van der Waals surface area contributed by atoms with Crippen LogP contribution in [-0.2, 0) is 25.7 Å². The van der Waals surface area contributed by atoms with Crippen molar-refractivity contribution < 1.29 is 28.6 Å². The molecule has 0 saturated heterocycles. The molecular weight excluding hydrogens is 542 g/mol. The van der Waals surface area contributed by atoms with Gasteiger partial charge in [-0.2, -0.15) is 0 Å². The molecule has 0 aliphatic heterocycles. The largest absolute Gasteiger partial charge is 0.460 e. The van der Waals surface area contributed by atoms with E-state index in [0.717, 1.165) is 26.3 Å². The van der Waals surface area contributed by atoms with Gasteiger partial charge >= 0.3 is 18.0 Å². The van der Waals surface area contributed by atoms with E-state index in [9.17, 15) is 14.4 Å². The summed E-state index contributed by atoms with van der Waals surface area (Å²) in [6.45, 7) is 5.15. The van der Waals surface area contributed by atoms with Gasteiger partial charge in [-0.15, -0.1) is 0 Å². The van der Waals surface area contributed by atoms with Gasteiger partial charge in [0.15, 0.2) is 4.96 Å². The van der Waals surface area contributed by atoms with Crippen LogP contribution < -0.4 is 10.1 Å². The highest BCUT2D eigenvalue weighted by molar-refractivity contribution is 7.23. The Labute approximate surface area is 240 Å². The Bertz CT molecular complexity index is 1700. The first-order valence-electron chi connectivity index (χ1n) is 13.0. The van der Waals surface area contributed by atoms with Crippen LogP contribution in [0.25, 0.3) is 26.4 Å². The Morgan fingerprint density at radius 2 is 1.73 bits per heavy atom. The lowest BCUT2D eigenvalue weighted by atomic mass is 10.1. The summed E-state index contributed by atoms with van der Waals surface area (Å²) in [7, 11) is 0. The number of carbonyl (C=O) groups excluding carboxylic acids is 3. The maximum absolute atomic E-state index is 13.2. The van der Waals surface area contributed by atoms with E-state index in [1.165, 1.54) is 0 Å². The SMILES string of the molecule is CC(C)(C)OC(=O)CC(NC(=O)OCc1ccccc1)C(=O)Oc1cccc(-c2cn3c(n2)sc2ccccc23)c1. The second kappa shape index (κ2) is 11.8. The summed E-state index contributed by atoms with van der Waals surface area (Å²) < 4.78 is 19.4. The predicted octanol–water partition coefficient (Wildman–Crippen LogP) is 6.15. The number of para-hydroxylation sites is 1. The number of amides is 1. The Kier molecular flexibility index (Phi) is 8.02. The quantitative estimate of drug-likeness (QED) is 0.176. The highest BCUT2D eigenvalue weighted by Gasteiger charge is 2.29. The predicted molar refractivity (Wildman–Crippen MR) is 156 cm³/mol. The molecule has 0 saturated carbocycles. The number of imidazole rings is 1. The third kappa shape index (κ3) is 7.09. The molecule has 1 N–H and O–H groups in total. The van der Waals surface area contributed by atoms with E-state index in [1.807, 2.05) is 59.1 Å². The van der Waals surface area contributed by atoms with Crippen molar-refractivity contribution in [2.45, 2.75) is 45.4 Å². The molecule has 0 aliphatic rings. The van der Waals surface area contributed by atoms with E-state index in [1.54, 1.807) is 62.4 Å². The summed E-state index contributed by atoms with van der Waals surface area (Å²) in [6, 6.07) is 22.7. The van der Waals surface area contributed by atoms with Gasteiger partial charge in [-0.1, -0.05) is 65.9 Å². The van der Waals surface area contributed by atoms with Gasteiger partial charge in [0.25, 0.3) is 0 Å². The topological polar surface area (TPSA) is 108 Å². The molecule has 0 bridgehead atoms. The lowest BCUT2D eigenvalue weighted by Crippen LogP contribution is -2.45. The zero-order chi connectivity index (χ0) is 29.0. The van der Waals surface area contributed by atoms with Crippen LogP contribution in [0, 0.1) is 0 Å². The van der Waals surface area contributed by atoms with Crippen LogP contribution in [0.4, 0.5) is 4.79 Å². The van der Waals surface area contributed by atoms with Crippen LogP contribution in [-0.4, -0.2) is 39.1 Å². The second-order valence-electron chi connectivity index (χ2n) is 10.3. The van der Waals surface area contributed by atoms with E-state index < -0.39 is 36.1 Å². The van der Waals surface area contributed by atoms with Gasteiger partial charge < -0.3 is 19.5 Å². The van der Waals surface area contributed by atoms with Crippen LogP contribution in [0.15, 0.2) is 85.1 Å². The fourth-order valence-electron chi connectivity index (χ4n) is 4.14. The molecule has 210 valence electrons. The number of ether oxygens (including phenoxy) is 3. The zero-order valence-corrected chi connectivity index (χ0v) is 23.6. The smallest absolute Gasteiger partial charge is 0.408 e. The molecule has 0 spiro atoms. The van der Waals surface area contributed by atoms with E-state index in [2.05, 4.69) is 5.32 Å². The van der Waals surface area contributed by atoms with Gasteiger partial charge in [0.2, 0.25) is 0 Å². The van der Waals surface area contributed by atoms with Gasteiger partial charge in [-0.05, 0) is 50.6 Å². The molecule has 0 fully saturated rings. The lowest BCUT2D eigenvalue weighted by Gasteiger charge is -2.22. The number of rotatable bonds is 8. The Morgan fingerprint density at radius 3 is 2.51 bits per heavy atom. The number of nitrogens with zero attached hydrogens (tertiary/aromatic N) is 2. The van der Waals surface area contributed by atoms with Crippen molar-refractivity contribution in [2.24, 2.45) is 0 Å². The summed E-state index contributed by atoms with van der Waals surface area (Å²) >= 11 is 1.58. The Hall–Kier alpha value is -4.70. The molecular formula is C31H29N3O6S. The average Bonchev–Trinajstić information content (AvgIpc) is 3.50. The van der Waals surface area contributed by atoms with E-state index in [-0.39, 0.29) is 12.4 Å². The first-order valence-corrected chi connectivity index (χ1v) is 13.8. The number of thiazole rings is 1. The third-order valence-electron chi connectivity index (χ3n) is 5.93. The fourth-order valence-corrected chi connectivity index (χ4v) is 5.15. The lowest BCUT2D eigenvalue weighted by molar-refractivity contribution is -0.157. The first kappa shape index (κ1) is 27.9.